The Morgan fingerprint density at radius 1 is 1.13 bits per heavy atom. The van der Waals surface area contributed by atoms with Crippen LogP contribution in [0.5, 0.6) is 11.5 Å². The number of carbonyl (C=O) groups excluding carboxylic acids is 2. The summed E-state index contributed by atoms with van der Waals surface area (Å²) in [6.45, 7) is 6.91. The number of carbonyl (C=O) groups is 2. The van der Waals surface area contributed by atoms with Gasteiger partial charge < -0.3 is 14.4 Å². The fraction of sp³-hybridized carbons (Fsp3) is 0.417. The summed E-state index contributed by atoms with van der Waals surface area (Å²) in [5.41, 5.74) is 2.30. The summed E-state index contributed by atoms with van der Waals surface area (Å²) in [4.78, 5) is 27.5. The fourth-order valence-corrected chi connectivity index (χ4v) is 4.48. The highest BCUT2D eigenvalue weighted by molar-refractivity contribution is 9.10. The number of hydrogen-bond donors (Lipinski definition) is 0. The largest absolute Gasteiger partial charge is 0.486 e. The molecule has 6 heteroatoms. The van der Waals surface area contributed by atoms with Gasteiger partial charge in [-0.1, -0.05) is 22.0 Å². The number of nitrogens with zero attached hydrogens (tertiary/aromatic N) is 1. The van der Waals surface area contributed by atoms with E-state index in [2.05, 4.69) is 15.9 Å². The molecule has 2 aliphatic rings. The number of fused-ring (bicyclic) bond motifs is 1. The van der Waals surface area contributed by atoms with Gasteiger partial charge in [0, 0.05) is 30.4 Å². The molecule has 2 aliphatic heterocycles. The van der Waals surface area contributed by atoms with E-state index in [0.29, 0.717) is 43.7 Å². The van der Waals surface area contributed by atoms with Crippen molar-refractivity contribution in [3.8, 4) is 11.5 Å². The fourth-order valence-electron chi connectivity index (χ4n) is 4.22. The molecule has 1 atom stereocenters. The zero-order chi connectivity index (χ0) is 21.5. The van der Waals surface area contributed by atoms with Crippen LogP contribution in [0.25, 0.3) is 0 Å². The van der Waals surface area contributed by atoms with Crippen molar-refractivity contribution >= 4 is 27.6 Å². The molecule has 1 saturated heterocycles. The van der Waals surface area contributed by atoms with Gasteiger partial charge >= 0.3 is 0 Å². The van der Waals surface area contributed by atoms with Gasteiger partial charge in [-0.15, -0.1) is 0 Å². The molecule has 0 bridgehead atoms. The number of hydrogen-bond acceptors (Lipinski definition) is 4. The van der Waals surface area contributed by atoms with Crippen LogP contribution in [0.1, 0.15) is 47.7 Å². The second kappa shape index (κ2) is 8.06. The van der Waals surface area contributed by atoms with Crippen LogP contribution in [0.15, 0.2) is 40.9 Å². The van der Waals surface area contributed by atoms with Gasteiger partial charge in [0.1, 0.15) is 17.1 Å². The highest BCUT2D eigenvalue weighted by Gasteiger charge is 2.44. The van der Waals surface area contributed by atoms with E-state index >= 15 is 0 Å². The Hall–Kier alpha value is -2.34. The summed E-state index contributed by atoms with van der Waals surface area (Å²) in [6, 6.07) is 11.3. The molecule has 0 saturated carbocycles. The molecule has 30 heavy (non-hydrogen) atoms. The highest BCUT2D eigenvalue weighted by Crippen LogP contribution is 2.41. The van der Waals surface area contributed by atoms with Crippen molar-refractivity contribution in [2.24, 2.45) is 0 Å². The van der Waals surface area contributed by atoms with E-state index < -0.39 is 11.7 Å². The molecule has 2 aromatic carbocycles. The van der Waals surface area contributed by atoms with E-state index in [1.165, 1.54) is 0 Å². The SMILES string of the molecule is Cc1ccc2c(c1C)OC1(CCN(C(=O)C(C)Oc3ccc(Br)cc3)CC1)CC2=O. The van der Waals surface area contributed by atoms with Gasteiger partial charge in [0.2, 0.25) is 0 Å². The van der Waals surface area contributed by atoms with Gasteiger partial charge in [0.25, 0.3) is 5.91 Å². The van der Waals surface area contributed by atoms with Crippen molar-refractivity contribution < 1.29 is 19.1 Å². The highest BCUT2D eigenvalue weighted by atomic mass is 79.9. The van der Waals surface area contributed by atoms with Gasteiger partial charge in [0.05, 0.1) is 12.0 Å². The van der Waals surface area contributed by atoms with Crippen LogP contribution in [0.4, 0.5) is 0 Å². The lowest BCUT2D eigenvalue weighted by Gasteiger charge is -2.44. The smallest absolute Gasteiger partial charge is 0.263 e. The van der Waals surface area contributed by atoms with Gasteiger partial charge in [-0.2, -0.15) is 0 Å². The summed E-state index contributed by atoms with van der Waals surface area (Å²) in [5, 5.41) is 0. The second-order valence-corrected chi connectivity index (χ2v) is 9.22. The van der Waals surface area contributed by atoms with E-state index in [9.17, 15) is 9.59 Å². The number of aryl methyl sites for hydroxylation is 1. The Kier molecular flexibility index (Phi) is 5.62. The molecule has 5 nitrogen and oxygen atoms in total. The van der Waals surface area contributed by atoms with Crippen molar-refractivity contribution in [1.29, 1.82) is 0 Å². The maximum atomic E-state index is 12.9. The minimum atomic E-state index is -0.570. The van der Waals surface area contributed by atoms with Crippen LogP contribution in [-0.4, -0.2) is 41.4 Å². The molecule has 158 valence electrons. The molecular weight excluding hydrogens is 446 g/mol. The average molecular weight is 472 g/mol. The first-order valence-corrected chi connectivity index (χ1v) is 11.1. The summed E-state index contributed by atoms with van der Waals surface area (Å²) < 4.78 is 13.2. The minimum Gasteiger partial charge on any atom is -0.486 e. The first-order valence-electron chi connectivity index (χ1n) is 10.3. The molecule has 2 aromatic rings. The molecule has 1 spiro atoms. The standard InChI is InChI=1S/C24H26BrNO4/c1-15-4-9-20-21(27)14-24(30-22(20)16(15)2)10-12-26(13-11-24)23(28)17(3)29-19-7-5-18(25)6-8-19/h4-9,17H,10-14H2,1-3H3. The van der Waals surface area contributed by atoms with Crippen molar-refractivity contribution in [3.63, 3.8) is 0 Å². The lowest BCUT2D eigenvalue weighted by molar-refractivity contribution is -0.141. The lowest BCUT2D eigenvalue weighted by Crippen LogP contribution is -2.54. The van der Waals surface area contributed by atoms with Crippen LogP contribution in [0.3, 0.4) is 0 Å². The molecule has 0 radical (unpaired) electrons. The molecular formula is C24H26BrNO4. The topological polar surface area (TPSA) is 55.8 Å². The van der Waals surface area contributed by atoms with E-state index in [1.807, 2.05) is 55.1 Å². The Balaban J connectivity index is 1.42. The molecule has 2 heterocycles. The average Bonchev–Trinajstić information content (AvgIpc) is 2.73. The summed E-state index contributed by atoms with van der Waals surface area (Å²) in [5.74, 6) is 1.47. The zero-order valence-electron chi connectivity index (χ0n) is 17.5. The third-order valence-corrected chi connectivity index (χ3v) is 6.77. The number of rotatable bonds is 3. The summed E-state index contributed by atoms with van der Waals surface area (Å²) in [7, 11) is 0. The maximum absolute atomic E-state index is 12.9. The van der Waals surface area contributed by atoms with Crippen LogP contribution in [0, 0.1) is 13.8 Å². The normalized spacial score (nSPS) is 18.5. The lowest BCUT2D eigenvalue weighted by atomic mass is 9.81. The molecule has 1 amide bonds. The minimum absolute atomic E-state index is 0.0395. The van der Waals surface area contributed by atoms with Crippen molar-refractivity contribution in [1.82, 2.24) is 4.90 Å². The third-order valence-electron chi connectivity index (χ3n) is 6.24. The van der Waals surface area contributed by atoms with Gasteiger partial charge in [-0.05, 0) is 62.2 Å². The summed E-state index contributed by atoms with van der Waals surface area (Å²) >= 11 is 3.39. The second-order valence-electron chi connectivity index (χ2n) is 8.31. The number of likely N-dealkylation sites (tertiary alicyclic amines) is 1. The Morgan fingerprint density at radius 2 is 1.80 bits per heavy atom. The molecule has 0 aliphatic carbocycles. The number of amides is 1. The molecule has 1 fully saturated rings. The van der Waals surface area contributed by atoms with E-state index in [-0.39, 0.29) is 11.7 Å². The molecule has 0 aromatic heterocycles. The number of ether oxygens (including phenoxy) is 2. The number of Topliss-reactive ketones (excluding diaryl/α,β-unsaturated/α-hetero) is 1. The van der Waals surface area contributed by atoms with Crippen LogP contribution < -0.4 is 9.47 Å². The quantitative estimate of drug-likeness (QED) is 0.641. The molecule has 4 rings (SSSR count). The van der Waals surface area contributed by atoms with E-state index in [1.54, 1.807) is 6.92 Å². The molecule has 1 unspecified atom stereocenters. The first kappa shape index (κ1) is 20.9. The van der Waals surface area contributed by atoms with Crippen LogP contribution in [0.2, 0.25) is 0 Å². The number of halogens is 1. The van der Waals surface area contributed by atoms with Gasteiger partial charge in [-0.25, -0.2) is 0 Å². The van der Waals surface area contributed by atoms with Crippen molar-refractivity contribution in [2.75, 3.05) is 13.1 Å². The van der Waals surface area contributed by atoms with Crippen molar-refractivity contribution in [3.05, 3.63) is 57.6 Å². The first-order chi connectivity index (χ1) is 14.3. The predicted octanol–water partition coefficient (Wildman–Crippen LogP) is 4.86. The van der Waals surface area contributed by atoms with Crippen molar-refractivity contribution in [2.45, 2.75) is 51.7 Å². The summed E-state index contributed by atoms with van der Waals surface area (Å²) in [6.07, 6.45) is 1.08. The van der Waals surface area contributed by atoms with Gasteiger partial charge in [0.15, 0.2) is 11.9 Å². The zero-order valence-corrected chi connectivity index (χ0v) is 19.1. The number of benzene rings is 2. The predicted molar refractivity (Wildman–Crippen MR) is 118 cm³/mol. The Morgan fingerprint density at radius 3 is 2.47 bits per heavy atom. The maximum Gasteiger partial charge on any atom is 0.263 e. The van der Waals surface area contributed by atoms with Crippen LogP contribution >= 0.6 is 15.9 Å². The van der Waals surface area contributed by atoms with Crippen LogP contribution in [-0.2, 0) is 4.79 Å². The Labute approximate surface area is 185 Å². The monoisotopic (exact) mass is 471 g/mol. The molecule has 0 N–H and O–H groups in total. The number of piperidine rings is 1. The third kappa shape index (κ3) is 3.97. The van der Waals surface area contributed by atoms with E-state index in [0.717, 1.165) is 21.3 Å². The number of ketones is 1. The van der Waals surface area contributed by atoms with E-state index in [4.69, 9.17) is 9.47 Å². The van der Waals surface area contributed by atoms with Gasteiger partial charge in [-0.3, -0.25) is 9.59 Å². The Bertz CT molecular complexity index is 977.